The molecule has 62 valence electrons. The molecule has 4 heterocycles. The highest BCUT2D eigenvalue weighted by atomic mass is 16.9. The Bertz CT molecular complexity index is 282. The maximum Gasteiger partial charge on any atom is 0.183 e. The Hall–Kier alpha value is -0.930. The Morgan fingerprint density at radius 1 is 1.42 bits per heavy atom. The summed E-state index contributed by atoms with van der Waals surface area (Å²) >= 11 is 0. The predicted octanol–water partition coefficient (Wildman–Crippen LogP) is 1.10. The molecule has 3 saturated heterocycles. The second-order valence-corrected chi connectivity index (χ2v) is 3.31. The molecule has 2 bridgehead atoms. The molecule has 3 heteroatoms. The van der Waals surface area contributed by atoms with Crippen LogP contribution in [0, 0.1) is 0 Å². The van der Waals surface area contributed by atoms with Crippen molar-refractivity contribution in [3.8, 4) is 0 Å². The second kappa shape index (κ2) is 2.06. The number of hydrogen-bond acceptors (Lipinski definition) is 3. The minimum absolute atomic E-state index is 0.104. The second-order valence-electron chi connectivity index (χ2n) is 3.31. The zero-order valence-electron chi connectivity index (χ0n) is 6.56. The third-order valence-electron chi connectivity index (χ3n) is 2.39. The van der Waals surface area contributed by atoms with E-state index < -0.39 is 0 Å². The SMILES string of the molecule is c1cc(CC23CC(O2)O3)ccn1. The molecule has 3 nitrogen and oxygen atoms in total. The van der Waals surface area contributed by atoms with Gasteiger partial charge < -0.3 is 9.47 Å². The van der Waals surface area contributed by atoms with E-state index in [0.29, 0.717) is 0 Å². The molecular formula is C9H9NO2. The van der Waals surface area contributed by atoms with E-state index in [1.807, 2.05) is 12.1 Å². The van der Waals surface area contributed by atoms with Crippen molar-refractivity contribution in [1.82, 2.24) is 4.98 Å². The quantitative estimate of drug-likeness (QED) is 0.654. The van der Waals surface area contributed by atoms with E-state index in [4.69, 9.17) is 9.47 Å². The summed E-state index contributed by atoms with van der Waals surface area (Å²) in [5, 5.41) is 0. The molecule has 0 radical (unpaired) electrons. The van der Waals surface area contributed by atoms with Crippen LogP contribution in [0.3, 0.4) is 0 Å². The van der Waals surface area contributed by atoms with E-state index >= 15 is 0 Å². The van der Waals surface area contributed by atoms with Crippen LogP contribution in [0.15, 0.2) is 24.5 Å². The Morgan fingerprint density at radius 2 is 2.08 bits per heavy atom. The Balaban J connectivity index is 1.75. The van der Waals surface area contributed by atoms with Crippen molar-refractivity contribution in [2.24, 2.45) is 0 Å². The molecule has 1 aromatic heterocycles. The molecule has 0 N–H and O–H groups in total. The molecule has 4 rings (SSSR count). The maximum absolute atomic E-state index is 5.38. The Kier molecular flexibility index (Phi) is 1.13. The lowest BCUT2D eigenvalue weighted by Gasteiger charge is -2.59. The summed E-state index contributed by atoms with van der Waals surface area (Å²) in [7, 11) is 0. The van der Waals surface area contributed by atoms with Crippen LogP contribution < -0.4 is 0 Å². The van der Waals surface area contributed by atoms with E-state index in [9.17, 15) is 0 Å². The third kappa shape index (κ3) is 0.806. The average Bonchev–Trinajstić information content (AvgIpc) is 1.97. The Labute approximate surface area is 70.3 Å². The zero-order chi connectivity index (χ0) is 8.02. The van der Waals surface area contributed by atoms with Crippen LogP contribution in [0.2, 0.25) is 0 Å². The van der Waals surface area contributed by atoms with Crippen LogP contribution in [0.1, 0.15) is 12.0 Å². The summed E-state index contributed by atoms with van der Waals surface area (Å²) in [5.41, 5.74) is 1.23. The third-order valence-corrected chi connectivity index (χ3v) is 2.39. The predicted molar refractivity (Wildman–Crippen MR) is 41.2 cm³/mol. The fourth-order valence-electron chi connectivity index (χ4n) is 1.69. The van der Waals surface area contributed by atoms with Crippen molar-refractivity contribution in [2.75, 3.05) is 0 Å². The number of rotatable bonds is 2. The van der Waals surface area contributed by atoms with Gasteiger partial charge in [-0.3, -0.25) is 4.98 Å². The van der Waals surface area contributed by atoms with Crippen molar-refractivity contribution >= 4 is 0 Å². The van der Waals surface area contributed by atoms with Gasteiger partial charge in [-0.1, -0.05) is 0 Å². The molecule has 3 aliphatic heterocycles. The van der Waals surface area contributed by atoms with Crippen molar-refractivity contribution in [3.05, 3.63) is 30.1 Å². The number of ether oxygens (including phenoxy) is 2. The number of pyridine rings is 1. The first-order valence-corrected chi connectivity index (χ1v) is 4.11. The lowest BCUT2D eigenvalue weighted by Crippen LogP contribution is -2.69. The summed E-state index contributed by atoms with van der Waals surface area (Å²) in [4.78, 5) is 3.95. The zero-order valence-corrected chi connectivity index (χ0v) is 6.56. The minimum Gasteiger partial charge on any atom is -0.320 e. The first kappa shape index (κ1) is 6.57. The van der Waals surface area contributed by atoms with E-state index in [1.54, 1.807) is 12.4 Å². The van der Waals surface area contributed by atoms with Gasteiger partial charge in [-0.2, -0.15) is 0 Å². The highest BCUT2D eigenvalue weighted by Crippen LogP contribution is 2.50. The van der Waals surface area contributed by atoms with Gasteiger partial charge >= 0.3 is 0 Å². The number of nitrogens with zero attached hydrogens (tertiary/aromatic N) is 1. The monoisotopic (exact) mass is 163 g/mol. The summed E-state index contributed by atoms with van der Waals surface area (Å²) in [6.07, 6.45) is 5.59. The fraction of sp³-hybridized carbons (Fsp3) is 0.444. The summed E-state index contributed by atoms with van der Waals surface area (Å²) in [5.74, 6) is -0.258. The number of hydrogen-bond donors (Lipinski definition) is 0. The van der Waals surface area contributed by atoms with Crippen LogP contribution in [0.4, 0.5) is 0 Å². The minimum atomic E-state index is -0.258. The standard InChI is InChI=1S/C9H9NO2/c1-3-10-4-2-7(1)5-9-6-8(11-9)12-9/h1-4,8H,5-6H2. The van der Waals surface area contributed by atoms with E-state index in [2.05, 4.69) is 4.98 Å². The lowest BCUT2D eigenvalue weighted by atomic mass is 9.93. The van der Waals surface area contributed by atoms with Crippen molar-refractivity contribution in [2.45, 2.75) is 24.9 Å². The van der Waals surface area contributed by atoms with Crippen LogP contribution in [-0.2, 0) is 15.9 Å². The smallest absolute Gasteiger partial charge is 0.183 e. The van der Waals surface area contributed by atoms with Gasteiger partial charge in [0.05, 0.1) is 6.42 Å². The Morgan fingerprint density at radius 3 is 2.58 bits per heavy atom. The largest absolute Gasteiger partial charge is 0.320 e. The lowest BCUT2D eigenvalue weighted by molar-refractivity contribution is -0.552. The van der Waals surface area contributed by atoms with Crippen LogP contribution in [-0.4, -0.2) is 17.1 Å². The number of aromatic nitrogens is 1. The van der Waals surface area contributed by atoms with Gasteiger partial charge in [0.2, 0.25) is 0 Å². The van der Waals surface area contributed by atoms with E-state index in [1.165, 1.54) is 5.56 Å². The van der Waals surface area contributed by atoms with Gasteiger partial charge in [-0.15, -0.1) is 0 Å². The molecule has 1 aromatic rings. The van der Waals surface area contributed by atoms with Crippen LogP contribution in [0.25, 0.3) is 0 Å². The molecule has 0 unspecified atom stereocenters. The highest BCUT2D eigenvalue weighted by Gasteiger charge is 2.60. The van der Waals surface area contributed by atoms with Crippen molar-refractivity contribution in [3.63, 3.8) is 0 Å². The maximum atomic E-state index is 5.38. The van der Waals surface area contributed by atoms with Crippen LogP contribution >= 0.6 is 0 Å². The van der Waals surface area contributed by atoms with Crippen molar-refractivity contribution in [1.29, 1.82) is 0 Å². The van der Waals surface area contributed by atoms with Gasteiger partial charge in [0.25, 0.3) is 0 Å². The molecule has 12 heavy (non-hydrogen) atoms. The first-order valence-electron chi connectivity index (χ1n) is 4.11. The molecule has 0 spiro atoms. The highest BCUT2D eigenvalue weighted by molar-refractivity contribution is 5.14. The molecular weight excluding hydrogens is 154 g/mol. The molecule has 0 amide bonds. The molecule has 0 aliphatic carbocycles. The molecule has 0 saturated carbocycles. The van der Waals surface area contributed by atoms with E-state index in [-0.39, 0.29) is 12.1 Å². The topological polar surface area (TPSA) is 31.4 Å². The molecule has 3 fully saturated rings. The molecule has 0 atom stereocenters. The fourth-order valence-corrected chi connectivity index (χ4v) is 1.69. The summed E-state index contributed by atoms with van der Waals surface area (Å²) < 4.78 is 10.8. The van der Waals surface area contributed by atoms with Crippen molar-refractivity contribution < 1.29 is 9.47 Å². The van der Waals surface area contributed by atoms with Gasteiger partial charge in [0.15, 0.2) is 12.1 Å². The van der Waals surface area contributed by atoms with Gasteiger partial charge in [0, 0.05) is 18.8 Å². The van der Waals surface area contributed by atoms with Gasteiger partial charge in [-0.05, 0) is 17.7 Å². The van der Waals surface area contributed by atoms with E-state index in [0.717, 1.165) is 12.8 Å². The van der Waals surface area contributed by atoms with Crippen LogP contribution in [0.5, 0.6) is 0 Å². The van der Waals surface area contributed by atoms with Gasteiger partial charge in [-0.25, -0.2) is 0 Å². The summed E-state index contributed by atoms with van der Waals surface area (Å²) in [6, 6.07) is 3.99. The first-order chi connectivity index (χ1) is 5.86. The molecule has 0 aromatic carbocycles. The average molecular weight is 163 g/mol. The molecule has 3 aliphatic rings. The normalized spacial score (nSPS) is 36.8. The summed E-state index contributed by atoms with van der Waals surface area (Å²) in [6.45, 7) is 0. The van der Waals surface area contributed by atoms with Gasteiger partial charge in [0.1, 0.15) is 0 Å².